The normalized spacial score (nSPS) is 18.1. The number of fused-ring (bicyclic) bond motifs is 2. The van der Waals surface area contributed by atoms with Gasteiger partial charge < -0.3 is 9.31 Å². The molecule has 0 atom stereocenters. The van der Waals surface area contributed by atoms with E-state index >= 15 is 0 Å². The molecule has 6 rings (SSSR count). The van der Waals surface area contributed by atoms with Gasteiger partial charge in [0.05, 0.1) is 11.2 Å². The van der Waals surface area contributed by atoms with Crippen molar-refractivity contribution in [3.8, 4) is 22.3 Å². The number of rotatable bonds is 2. The molecule has 0 N–H and O–H groups in total. The van der Waals surface area contributed by atoms with Crippen LogP contribution < -0.4 is 5.46 Å². The molecule has 4 heteroatoms. The van der Waals surface area contributed by atoms with Gasteiger partial charge in [0, 0.05) is 15.2 Å². The molecule has 0 saturated carbocycles. The fourth-order valence-electron chi connectivity index (χ4n) is 4.59. The molecule has 0 spiro atoms. The van der Waals surface area contributed by atoms with E-state index in [9.17, 15) is 0 Å². The van der Waals surface area contributed by atoms with Crippen LogP contribution in [0.4, 0.5) is 0 Å². The van der Waals surface area contributed by atoms with Crippen molar-refractivity contribution in [1.29, 1.82) is 0 Å². The summed E-state index contributed by atoms with van der Waals surface area (Å²) in [7, 11) is -0.351. The molecule has 158 valence electrons. The highest BCUT2D eigenvalue weighted by Gasteiger charge is 2.51. The zero-order valence-corrected chi connectivity index (χ0v) is 19.6. The second-order valence-electron chi connectivity index (χ2n) is 9.69. The second-order valence-corrected chi connectivity index (χ2v) is 10.8. The minimum absolute atomic E-state index is 0.343. The Hall–Kier alpha value is -2.53. The lowest BCUT2D eigenvalue weighted by Gasteiger charge is -2.32. The van der Waals surface area contributed by atoms with Crippen molar-refractivity contribution < 1.29 is 9.31 Å². The van der Waals surface area contributed by atoms with E-state index in [4.69, 9.17) is 9.31 Å². The van der Waals surface area contributed by atoms with Crippen molar-refractivity contribution in [1.82, 2.24) is 0 Å². The largest absolute Gasteiger partial charge is 0.494 e. The lowest BCUT2D eigenvalue weighted by molar-refractivity contribution is 0.00578. The van der Waals surface area contributed by atoms with Crippen LogP contribution in [0.2, 0.25) is 0 Å². The van der Waals surface area contributed by atoms with Gasteiger partial charge in [-0.25, -0.2) is 0 Å². The van der Waals surface area contributed by atoms with Gasteiger partial charge in [-0.1, -0.05) is 78.5 Å². The summed E-state index contributed by atoms with van der Waals surface area (Å²) in [5.41, 5.74) is 5.39. The van der Waals surface area contributed by atoms with Crippen molar-refractivity contribution in [2.75, 3.05) is 0 Å². The van der Waals surface area contributed by atoms with Gasteiger partial charge in [-0.2, -0.15) is 0 Å². The van der Waals surface area contributed by atoms with E-state index < -0.39 is 0 Å². The average molecular weight is 436 g/mol. The van der Waals surface area contributed by atoms with Gasteiger partial charge in [-0.15, -0.1) is 0 Å². The van der Waals surface area contributed by atoms with Crippen molar-refractivity contribution in [2.45, 2.75) is 48.7 Å². The Morgan fingerprint density at radius 2 is 1.34 bits per heavy atom. The molecule has 0 radical (unpaired) electrons. The number of hydrogen-bond donors (Lipinski definition) is 0. The maximum Gasteiger partial charge on any atom is 0.494 e. The molecule has 2 aliphatic rings. The first-order valence-corrected chi connectivity index (χ1v) is 11.9. The topological polar surface area (TPSA) is 18.5 Å². The standard InChI is InChI=1S/C28H25BO2S/c1-27(2)28(3,4)31-29(30-27)21-11-5-10-19(16-21)20-14-15-22-23-12-6-8-18-9-7-13-24(26(18)23)32-25(22)17-20/h5-17H,1-4H3. The molecule has 2 aliphatic heterocycles. The van der Waals surface area contributed by atoms with Gasteiger partial charge in [-0.3, -0.25) is 0 Å². The van der Waals surface area contributed by atoms with Gasteiger partial charge in [-0.05, 0) is 72.9 Å². The summed E-state index contributed by atoms with van der Waals surface area (Å²) in [5.74, 6) is 0. The van der Waals surface area contributed by atoms with E-state index in [-0.39, 0.29) is 18.3 Å². The Labute approximate surface area is 194 Å². The van der Waals surface area contributed by atoms with E-state index in [1.165, 1.54) is 42.8 Å². The van der Waals surface area contributed by atoms with E-state index in [2.05, 4.69) is 107 Å². The SMILES string of the molecule is CC1(C)OB(c2cccc(-c3ccc4c(c3)Sc3cccc5cccc-4c35)c2)OC1(C)C. The summed E-state index contributed by atoms with van der Waals surface area (Å²) in [5, 5.41) is 2.67. The third kappa shape index (κ3) is 3.05. The van der Waals surface area contributed by atoms with Crippen molar-refractivity contribution >= 4 is 35.1 Å². The molecule has 2 nitrogen and oxygen atoms in total. The van der Waals surface area contributed by atoms with Crippen LogP contribution in [0, 0.1) is 0 Å². The quantitative estimate of drug-likeness (QED) is 0.279. The van der Waals surface area contributed by atoms with Crippen LogP contribution in [0.5, 0.6) is 0 Å². The third-order valence-corrected chi connectivity index (χ3v) is 8.22. The summed E-state index contributed by atoms with van der Waals surface area (Å²) in [6, 6.07) is 28.5. The number of benzene rings is 4. The van der Waals surface area contributed by atoms with E-state index in [0.717, 1.165) is 5.46 Å². The Kier molecular flexibility index (Phi) is 4.39. The molecular formula is C28H25BO2S. The summed E-state index contributed by atoms with van der Waals surface area (Å²) in [4.78, 5) is 2.63. The van der Waals surface area contributed by atoms with Crippen LogP contribution >= 0.6 is 11.8 Å². The molecule has 0 unspecified atom stereocenters. The molecule has 0 amide bonds. The highest BCUT2D eigenvalue weighted by atomic mass is 32.2. The molecule has 32 heavy (non-hydrogen) atoms. The van der Waals surface area contributed by atoms with Crippen molar-refractivity contribution in [2.24, 2.45) is 0 Å². The molecule has 1 fully saturated rings. The van der Waals surface area contributed by atoms with Gasteiger partial charge in [0.25, 0.3) is 0 Å². The van der Waals surface area contributed by atoms with Gasteiger partial charge in [0.1, 0.15) is 0 Å². The second kappa shape index (κ2) is 6.98. The van der Waals surface area contributed by atoms with Gasteiger partial charge >= 0.3 is 7.12 Å². The predicted octanol–water partition coefficient (Wildman–Crippen LogP) is 6.94. The molecule has 4 aromatic rings. The first kappa shape index (κ1) is 20.1. The van der Waals surface area contributed by atoms with E-state index in [0.29, 0.717) is 0 Å². The predicted molar refractivity (Wildman–Crippen MR) is 135 cm³/mol. The zero-order valence-electron chi connectivity index (χ0n) is 18.8. The molecule has 4 aromatic carbocycles. The lowest BCUT2D eigenvalue weighted by atomic mass is 9.78. The lowest BCUT2D eigenvalue weighted by Crippen LogP contribution is -2.41. The summed E-state index contributed by atoms with van der Waals surface area (Å²) in [6.07, 6.45) is 0. The minimum atomic E-state index is -0.351. The fourth-order valence-corrected chi connectivity index (χ4v) is 5.77. The van der Waals surface area contributed by atoms with Crippen LogP contribution in [0.15, 0.2) is 88.7 Å². The Morgan fingerprint density at radius 1 is 0.656 bits per heavy atom. The highest BCUT2D eigenvalue weighted by Crippen LogP contribution is 2.48. The molecule has 0 aromatic heterocycles. The Morgan fingerprint density at radius 3 is 2.12 bits per heavy atom. The van der Waals surface area contributed by atoms with Crippen LogP contribution in [0.1, 0.15) is 27.7 Å². The van der Waals surface area contributed by atoms with Crippen LogP contribution in [-0.2, 0) is 9.31 Å². The fraction of sp³-hybridized carbons (Fsp3) is 0.214. The van der Waals surface area contributed by atoms with E-state index in [1.807, 2.05) is 11.8 Å². The molecule has 0 bridgehead atoms. The summed E-state index contributed by atoms with van der Waals surface area (Å²) in [6.45, 7) is 8.37. The average Bonchev–Trinajstić information content (AvgIpc) is 3.01. The van der Waals surface area contributed by atoms with Gasteiger partial charge in [0.15, 0.2) is 0 Å². The Bertz CT molecular complexity index is 1350. The molecule has 2 heterocycles. The molecule has 1 saturated heterocycles. The van der Waals surface area contributed by atoms with Crippen LogP contribution in [-0.4, -0.2) is 18.3 Å². The summed E-state index contributed by atoms with van der Waals surface area (Å²) < 4.78 is 12.6. The third-order valence-electron chi connectivity index (χ3n) is 7.10. The van der Waals surface area contributed by atoms with E-state index in [1.54, 1.807) is 0 Å². The van der Waals surface area contributed by atoms with Crippen molar-refractivity contribution in [3.05, 3.63) is 78.9 Å². The first-order chi connectivity index (χ1) is 15.3. The molecule has 0 aliphatic carbocycles. The molecular weight excluding hydrogens is 411 g/mol. The summed E-state index contributed by atoms with van der Waals surface area (Å²) >= 11 is 1.86. The maximum atomic E-state index is 6.28. The monoisotopic (exact) mass is 436 g/mol. The first-order valence-electron chi connectivity index (χ1n) is 11.1. The van der Waals surface area contributed by atoms with Crippen molar-refractivity contribution in [3.63, 3.8) is 0 Å². The maximum absolute atomic E-state index is 6.28. The van der Waals surface area contributed by atoms with Crippen LogP contribution in [0.3, 0.4) is 0 Å². The van der Waals surface area contributed by atoms with Crippen LogP contribution in [0.25, 0.3) is 33.0 Å². The zero-order chi connectivity index (χ0) is 22.1. The van der Waals surface area contributed by atoms with Gasteiger partial charge in [0.2, 0.25) is 0 Å². The number of hydrogen-bond acceptors (Lipinski definition) is 3. The Balaban J connectivity index is 1.39. The smallest absolute Gasteiger partial charge is 0.399 e. The highest BCUT2D eigenvalue weighted by molar-refractivity contribution is 7.99. The minimum Gasteiger partial charge on any atom is -0.399 e.